The lowest BCUT2D eigenvalue weighted by Gasteiger charge is -2.28. The van der Waals surface area contributed by atoms with Crippen molar-refractivity contribution in [1.29, 1.82) is 0 Å². The number of benzene rings is 2. The van der Waals surface area contributed by atoms with E-state index in [1.165, 1.54) is 5.56 Å². The molecule has 144 valence electrons. The molecule has 0 saturated carbocycles. The highest BCUT2D eigenvalue weighted by Crippen LogP contribution is 2.39. The molecule has 27 heavy (non-hydrogen) atoms. The van der Waals surface area contributed by atoms with Crippen LogP contribution >= 0.6 is 11.8 Å². The molecule has 0 aromatic heterocycles. The quantitative estimate of drug-likeness (QED) is 0.638. The Morgan fingerprint density at radius 3 is 2.30 bits per heavy atom. The molecule has 3 nitrogen and oxygen atoms in total. The first-order valence-electron chi connectivity index (χ1n) is 9.17. The van der Waals surface area contributed by atoms with Gasteiger partial charge in [0.05, 0.1) is 24.0 Å². The summed E-state index contributed by atoms with van der Waals surface area (Å²) in [7, 11) is -5.14. The highest BCUT2D eigenvalue weighted by molar-refractivity contribution is 8.04. The number of thioether (sulfide) groups is 1. The van der Waals surface area contributed by atoms with Crippen LogP contribution in [0.2, 0.25) is 19.6 Å². The van der Waals surface area contributed by atoms with Gasteiger partial charge >= 0.3 is 0 Å². The second-order valence-electron chi connectivity index (χ2n) is 8.12. The number of hydrogen-bond acceptors (Lipinski definition) is 3. The number of rotatable bonds is 5. The zero-order valence-electron chi connectivity index (χ0n) is 16.3. The van der Waals surface area contributed by atoms with Crippen LogP contribution in [-0.4, -0.2) is 32.6 Å². The molecule has 0 amide bonds. The summed E-state index contributed by atoms with van der Waals surface area (Å²) in [6.07, 6.45) is 0.724. The molecular weight excluding hydrogens is 390 g/mol. The Morgan fingerprint density at radius 2 is 1.70 bits per heavy atom. The van der Waals surface area contributed by atoms with Crippen LogP contribution in [0.3, 0.4) is 0 Å². The molecule has 2 aromatic carbocycles. The van der Waals surface area contributed by atoms with Crippen LogP contribution in [0, 0.1) is 6.92 Å². The summed E-state index contributed by atoms with van der Waals surface area (Å²) in [5, 5.41) is 0.899. The van der Waals surface area contributed by atoms with Crippen molar-refractivity contribution in [3.8, 4) is 0 Å². The lowest BCUT2D eigenvalue weighted by Crippen LogP contribution is -2.38. The minimum atomic E-state index is -3.58. The van der Waals surface area contributed by atoms with E-state index in [-0.39, 0.29) is 6.04 Å². The number of aryl methyl sites for hydroxylation is 1. The number of nitrogens with zero attached hydrogens (tertiary/aromatic N) is 1. The van der Waals surface area contributed by atoms with E-state index in [9.17, 15) is 8.42 Å². The largest absolute Gasteiger partial charge is 0.264 e. The van der Waals surface area contributed by atoms with Gasteiger partial charge in [0, 0.05) is 5.75 Å². The van der Waals surface area contributed by atoms with E-state index in [4.69, 9.17) is 0 Å². The van der Waals surface area contributed by atoms with Crippen molar-refractivity contribution in [1.82, 2.24) is 4.31 Å². The van der Waals surface area contributed by atoms with E-state index in [1.54, 1.807) is 28.2 Å². The Balaban J connectivity index is 2.02. The summed E-state index contributed by atoms with van der Waals surface area (Å²) in [6, 6.07) is 17.3. The topological polar surface area (TPSA) is 37.4 Å². The van der Waals surface area contributed by atoms with Gasteiger partial charge in [-0.2, -0.15) is 0 Å². The van der Waals surface area contributed by atoms with Crippen LogP contribution in [0.25, 0.3) is 0 Å². The molecule has 1 aliphatic rings. The summed E-state index contributed by atoms with van der Waals surface area (Å²) in [5.41, 5.74) is 4.44. The Bertz CT molecular complexity index is 917. The fourth-order valence-corrected chi connectivity index (χ4v) is 8.49. The predicted molar refractivity (Wildman–Crippen MR) is 118 cm³/mol. The average Bonchev–Trinajstić information content (AvgIpc) is 2.97. The molecule has 1 fully saturated rings. The molecule has 0 bridgehead atoms. The molecule has 2 aromatic rings. The lowest BCUT2D eigenvalue weighted by atomic mass is 10.1. The molecule has 1 aliphatic heterocycles. The molecule has 0 N–H and O–H groups in total. The van der Waals surface area contributed by atoms with Crippen molar-refractivity contribution >= 4 is 29.9 Å². The van der Waals surface area contributed by atoms with E-state index >= 15 is 0 Å². The first-order valence-corrected chi connectivity index (χ1v) is 15.2. The SMILES string of the molecule is Cc1ccc(S(=O)(=O)N2/C(=C/[Si](C)(C)C)SCC2Cc2ccccc2)cc1. The Labute approximate surface area is 168 Å². The molecule has 1 heterocycles. The van der Waals surface area contributed by atoms with Crippen molar-refractivity contribution in [2.45, 2.75) is 43.9 Å². The Morgan fingerprint density at radius 1 is 1.07 bits per heavy atom. The second-order valence-corrected chi connectivity index (χ2v) is 16.0. The zero-order valence-corrected chi connectivity index (χ0v) is 19.0. The maximum Gasteiger partial charge on any atom is 0.264 e. The third-order valence-electron chi connectivity index (χ3n) is 4.42. The van der Waals surface area contributed by atoms with Gasteiger partial charge in [-0.05, 0) is 31.0 Å². The van der Waals surface area contributed by atoms with Gasteiger partial charge in [0.2, 0.25) is 0 Å². The van der Waals surface area contributed by atoms with E-state index < -0.39 is 18.1 Å². The summed E-state index contributed by atoms with van der Waals surface area (Å²) in [4.78, 5) is 0.370. The Hall–Kier alpha value is -1.50. The van der Waals surface area contributed by atoms with Gasteiger partial charge < -0.3 is 0 Å². The minimum Gasteiger partial charge on any atom is -0.257 e. The minimum absolute atomic E-state index is 0.0636. The predicted octanol–water partition coefficient (Wildman–Crippen LogP) is 5.06. The average molecular weight is 418 g/mol. The van der Waals surface area contributed by atoms with Crippen molar-refractivity contribution in [2.75, 3.05) is 5.75 Å². The van der Waals surface area contributed by atoms with Crippen LogP contribution < -0.4 is 0 Å². The molecule has 1 saturated heterocycles. The molecule has 0 spiro atoms. The third kappa shape index (κ3) is 4.86. The maximum absolute atomic E-state index is 13.5. The molecule has 0 radical (unpaired) electrons. The van der Waals surface area contributed by atoms with E-state index in [1.807, 2.05) is 37.3 Å². The van der Waals surface area contributed by atoms with Crippen LogP contribution in [0.4, 0.5) is 0 Å². The first-order chi connectivity index (χ1) is 12.7. The molecule has 0 aliphatic carbocycles. The van der Waals surface area contributed by atoms with E-state index in [0.29, 0.717) is 4.90 Å². The molecule has 6 heteroatoms. The molecular formula is C21H27NO2S2Si. The highest BCUT2D eigenvalue weighted by atomic mass is 32.2. The monoisotopic (exact) mass is 417 g/mol. The zero-order chi connectivity index (χ0) is 19.7. The van der Waals surface area contributed by atoms with Gasteiger partial charge in [0.1, 0.15) is 0 Å². The van der Waals surface area contributed by atoms with Gasteiger partial charge in [-0.3, -0.25) is 4.31 Å². The molecule has 1 unspecified atom stereocenters. The molecule has 3 rings (SSSR count). The van der Waals surface area contributed by atoms with E-state index in [2.05, 4.69) is 37.5 Å². The summed E-state index contributed by atoms with van der Waals surface area (Å²) in [5.74, 6) is 0.788. The molecule has 1 atom stereocenters. The van der Waals surface area contributed by atoms with Gasteiger partial charge in [0.25, 0.3) is 10.0 Å². The van der Waals surface area contributed by atoms with E-state index in [0.717, 1.165) is 22.8 Å². The fourth-order valence-electron chi connectivity index (χ4n) is 3.14. The van der Waals surface area contributed by atoms with Gasteiger partial charge in [-0.25, -0.2) is 8.42 Å². The first kappa shape index (κ1) is 20.2. The maximum atomic E-state index is 13.5. The third-order valence-corrected chi connectivity index (χ3v) is 8.93. The highest BCUT2D eigenvalue weighted by Gasteiger charge is 2.39. The smallest absolute Gasteiger partial charge is 0.257 e. The van der Waals surface area contributed by atoms with Crippen molar-refractivity contribution in [2.24, 2.45) is 0 Å². The number of hydrogen-bond donors (Lipinski definition) is 0. The van der Waals surface area contributed by atoms with Gasteiger partial charge in [-0.1, -0.05) is 73.4 Å². The lowest BCUT2D eigenvalue weighted by molar-refractivity contribution is 0.429. The van der Waals surface area contributed by atoms with Crippen LogP contribution in [-0.2, 0) is 16.4 Å². The van der Waals surface area contributed by atoms with Crippen molar-refractivity contribution < 1.29 is 8.42 Å². The summed E-state index contributed by atoms with van der Waals surface area (Å²) in [6.45, 7) is 8.68. The van der Waals surface area contributed by atoms with Crippen molar-refractivity contribution in [3.63, 3.8) is 0 Å². The number of sulfonamides is 1. The fraction of sp³-hybridized carbons (Fsp3) is 0.333. The van der Waals surface area contributed by atoms with Gasteiger partial charge in [-0.15, -0.1) is 11.8 Å². The van der Waals surface area contributed by atoms with Crippen LogP contribution in [0.5, 0.6) is 0 Å². The summed E-state index contributed by atoms with van der Waals surface area (Å²) >= 11 is 1.67. The summed E-state index contributed by atoms with van der Waals surface area (Å²) < 4.78 is 28.7. The van der Waals surface area contributed by atoms with Crippen molar-refractivity contribution in [3.05, 3.63) is 76.5 Å². The Kier molecular flexibility index (Phi) is 5.89. The van der Waals surface area contributed by atoms with Crippen LogP contribution in [0.15, 0.2) is 70.2 Å². The van der Waals surface area contributed by atoms with Gasteiger partial charge in [0.15, 0.2) is 0 Å². The van der Waals surface area contributed by atoms with Crippen LogP contribution in [0.1, 0.15) is 11.1 Å². The second kappa shape index (κ2) is 7.85. The standard InChI is InChI=1S/C21H27NO2S2Si/c1-17-10-12-20(13-11-17)26(23,24)22-19(14-18-8-6-5-7-9-18)15-25-21(22)16-27(2,3)4/h5-13,16,19H,14-15H2,1-4H3/b21-16-. The normalized spacial score (nSPS) is 19.6.